The highest BCUT2D eigenvalue weighted by Crippen LogP contribution is 2.61. The first-order valence-electron chi connectivity index (χ1n) is 13.2. The number of nitrogens with zero attached hydrogens (tertiary/aromatic N) is 3. The molecule has 1 heterocycles. The average Bonchev–Trinajstić information content (AvgIpc) is 3.00. The van der Waals surface area contributed by atoms with Crippen LogP contribution in [0.25, 0.3) is 0 Å². The van der Waals surface area contributed by atoms with Crippen molar-refractivity contribution < 1.29 is 164 Å². The average molecular weight is 1290 g/mol. The van der Waals surface area contributed by atoms with Crippen LogP contribution in [0.15, 0.2) is 0 Å². The van der Waals surface area contributed by atoms with Crippen LogP contribution in [-0.2, 0) is 37.0 Å². The summed E-state index contributed by atoms with van der Waals surface area (Å²) < 4.78 is 450. The molecule has 1 rings (SSSR count). The molecule has 0 fully saturated rings. The van der Waals surface area contributed by atoms with E-state index in [-0.39, 0.29) is 0 Å². The zero-order chi connectivity index (χ0) is 52.2. The Labute approximate surface area is 357 Å². The number of aromatic nitrogens is 3. The van der Waals surface area contributed by atoms with Crippen molar-refractivity contribution in [2.75, 3.05) is 0 Å². The molecule has 0 N–H and O–H groups in total. The maximum Gasteiger partial charge on any atom is 0.458 e. The molecule has 0 bridgehead atoms. The van der Waals surface area contributed by atoms with E-state index in [4.69, 9.17) is 0 Å². The molecule has 0 aliphatic rings. The minimum atomic E-state index is -8.52. The number of rotatable bonds is 18. The molecule has 0 radical (unpaired) electrons. The predicted octanol–water partition coefficient (Wildman–Crippen LogP) is 13.3. The van der Waals surface area contributed by atoms with Crippen LogP contribution in [-0.4, -0.2) is 94.5 Å². The van der Waals surface area contributed by atoms with Gasteiger partial charge >= 0.3 is 97.6 Å². The normalized spacial score (nSPS) is 19.5. The first kappa shape index (κ1) is 60.5. The summed E-state index contributed by atoms with van der Waals surface area (Å²) in [6.07, 6.45) is -57.3. The Hall–Kier alpha value is -1.54. The fraction of sp³-hybridized carbons (Fsp3) is 0.850. The minimum Gasteiger partial charge on any atom is -0.280 e. The molecule has 0 amide bonds. The van der Waals surface area contributed by atoms with Crippen LogP contribution < -0.4 is 0 Å². The first-order valence-corrected chi connectivity index (χ1v) is 16.4. The summed E-state index contributed by atoms with van der Waals surface area (Å²) in [7, 11) is 0. The van der Waals surface area contributed by atoms with Crippen molar-refractivity contribution in [2.45, 2.75) is 97.6 Å². The SMILES string of the molecule is FC(F)(F)c1nc(C(F)(F)C(F)(F)OC(F)(F)C(F)(OC(F)(Br)C(F)(F)C(F)(F)Br)C(F)(F)F)nc(C(F)(F)C(F)(F)OC(F)(C(F)(F)F)C(F)(F)OC(F)(Br)C(F)(F)C(F)(F)Br)n1. The summed E-state index contributed by atoms with van der Waals surface area (Å²) in [5.41, 5.74) is 0. The van der Waals surface area contributed by atoms with Gasteiger partial charge in [0.25, 0.3) is 0 Å². The van der Waals surface area contributed by atoms with Crippen LogP contribution >= 0.6 is 63.7 Å². The van der Waals surface area contributed by atoms with E-state index in [0.717, 1.165) is 15.0 Å². The molecule has 64 heavy (non-hydrogen) atoms. The number of hydrogen-bond acceptors (Lipinski definition) is 7. The highest BCUT2D eigenvalue weighted by atomic mass is 79.9. The number of alkyl halides is 37. The van der Waals surface area contributed by atoms with Gasteiger partial charge in [-0.25, -0.2) is 19.7 Å². The lowest BCUT2D eigenvalue weighted by Gasteiger charge is -2.41. The van der Waals surface area contributed by atoms with Crippen LogP contribution in [0.3, 0.4) is 0 Å². The van der Waals surface area contributed by atoms with Crippen molar-refractivity contribution in [3.8, 4) is 0 Å². The zero-order valence-corrected chi connectivity index (χ0v) is 33.3. The second-order valence-electron chi connectivity index (χ2n) is 10.8. The lowest BCUT2D eigenvalue weighted by molar-refractivity contribution is -0.535. The summed E-state index contributed by atoms with van der Waals surface area (Å²) >= 11 is 1.75. The lowest BCUT2D eigenvalue weighted by Crippen LogP contribution is -2.66. The number of ether oxygens (including phenoxy) is 4. The molecular formula is C20Br4F33N3O4. The van der Waals surface area contributed by atoms with Crippen molar-refractivity contribution in [3.05, 3.63) is 17.5 Å². The van der Waals surface area contributed by atoms with E-state index in [2.05, 4.69) is 0 Å². The summed E-state index contributed by atoms with van der Waals surface area (Å²) in [6.45, 7) is 0. The van der Waals surface area contributed by atoms with E-state index in [1.54, 1.807) is 4.74 Å². The highest BCUT2D eigenvalue weighted by molar-refractivity contribution is 9.10. The van der Waals surface area contributed by atoms with Gasteiger partial charge in [0.1, 0.15) is 0 Å². The largest absolute Gasteiger partial charge is 0.458 e. The van der Waals surface area contributed by atoms with Gasteiger partial charge < -0.3 is 0 Å². The summed E-state index contributed by atoms with van der Waals surface area (Å²) in [4.78, 5) is -9.78. The maximum absolute atomic E-state index is 14.8. The van der Waals surface area contributed by atoms with Crippen LogP contribution in [0.4, 0.5) is 145 Å². The van der Waals surface area contributed by atoms with Gasteiger partial charge in [0.2, 0.25) is 17.5 Å². The molecule has 0 saturated carbocycles. The van der Waals surface area contributed by atoms with Crippen LogP contribution in [0.5, 0.6) is 0 Å². The third-order valence-electron chi connectivity index (χ3n) is 6.15. The van der Waals surface area contributed by atoms with Gasteiger partial charge in [-0.2, -0.15) is 145 Å². The predicted molar refractivity (Wildman–Crippen MR) is 140 cm³/mol. The fourth-order valence-corrected chi connectivity index (χ4v) is 4.97. The Bertz CT molecular complexity index is 1840. The van der Waals surface area contributed by atoms with Gasteiger partial charge in [-0.05, 0) is 63.7 Å². The van der Waals surface area contributed by atoms with E-state index < -0.39 is 115 Å². The maximum atomic E-state index is 14.8. The van der Waals surface area contributed by atoms with Crippen molar-refractivity contribution in [1.82, 2.24) is 15.0 Å². The van der Waals surface area contributed by atoms with E-state index >= 15 is 0 Å². The van der Waals surface area contributed by atoms with Gasteiger partial charge in [-0.1, -0.05) is 0 Å². The molecule has 0 aromatic carbocycles. The second kappa shape index (κ2) is 16.6. The van der Waals surface area contributed by atoms with Crippen molar-refractivity contribution in [1.29, 1.82) is 0 Å². The molecule has 0 aliphatic carbocycles. The first-order chi connectivity index (χ1) is 27.1. The standard InChI is InChI=1S/C20Br4F33N3O4/c21-11(38,39)7(32,33)13(23,42)61-9(36,15(44,45)46)20(56,57)64-18(52,53)5(27,28)2-58-1(59-3(60-2)6(29,30)31)4(25,26)17(50,51)62-10(37,16(47,48)49)19(54,55)63-14(24,43)8(34,35)12(22,40)41. The van der Waals surface area contributed by atoms with Gasteiger partial charge in [-0.3, -0.25) is 14.2 Å². The van der Waals surface area contributed by atoms with Crippen LogP contribution in [0.2, 0.25) is 0 Å². The third-order valence-corrected chi connectivity index (χ3v) is 8.47. The molecule has 378 valence electrons. The van der Waals surface area contributed by atoms with Crippen molar-refractivity contribution in [2.24, 2.45) is 0 Å². The van der Waals surface area contributed by atoms with E-state index in [1.165, 1.54) is 9.47 Å². The van der Waals surface area contributed by atoms with Crippen molar-refractivity contribution in [3.63, 3.8) is 0 Å². The summed E-state index contributed by atoms with van der Waals surface area (Å²) in [5, 5.41) is 0. The summed E-state index contributed by atoms with van der Waals surface area (Å²) in [6, 6.07) is 0. The van der Waals surface area contributed by atoms with Crippen LogP contribution in [0, 0.1) is 0 Å². The fourth-order valence-electron chi connectivity index (χ4n) is 3.00. The Morgan fingerprint density at radius 1 is 0.297 bits per heavy atom. The molecule has 0 aliphatic heterocycles. The van der Waals surface area contributed by atoms with E-state index in [9.17, 15) is 145 Å². The second-order valence-corrected chi connectivity index (χ2v) is 14.8. The lowest BCUT2D eigenvalue weighted by atomic mass is 10.2. The van der Waals surface area contributed by atoms with E-state index in [1.807, 2.05) is 4.74 Å². The van der Waals surface area contributed by atoms with Gasteiger partial charge in [0.15, 0.2) is 0 Å². The van der Waals surface area contributed by atoms with E-state index in [0.29, 0.717) is 63.7 Å². The molecule has 1 aromatic heterocycles. The Morgan fingerprint density at radius 3 is 0.828 bits per heavy atom. The Balaban J connectivity index is 4.15. The molecule has 1 aromatic rings. The molecule has 44 heteroatoms. The molecule has 7 nitrogen and oxygen atoms in total. The summed E-state index contributed by atoms with van der Waals surface area (Å²) in [5.74, 6) is -60.8. The third kappa shape index (κ3) is 10.5. The van der Waals surface area contributed by atoms with Gasteiger partial charge in [0, 0.05) is 0 Å². The molecule has 0 saturated heterocycles. The minimum absolute atomic E-state index is 0.351. The topological polar surface area (TPSA) is 75.6 Å². The number of hydrogen-bond donors (Lipinski definition) is 0. The molecular weight excluding hydrogens is 1290 g/mol. The zero-order valence-electron chi connectivity index (χ0n) is 27.0. The Kier molecular flexibility index (Phi) is 15.7. The molecule has 4 unspecified atom stereocenters. The van der Waals surface area contributed by atoms with Gasteiger partial charge in [0.05, 0.1) is 0 Å². The smallest absolute Gasteiger partial charge is 0.280 e. The monoisotopic (exact) mass is 1290 g/mol. The Morgan fingerprint density at radius 2 is 0.547 bits per heavy atom. The number of halogens is 37. The highest BCUT2D eigenvalue weighted by Gasteiger charge is 2.86. The van der Waals surface area contributed by atoms with Crippen molar-refractivity contribution >= 4 is 63.7 Å². The van der Waals surface area contributed by atoms with Gasteiger partial charge in [-0.15, -0.1) is 0 Å². The quantitative estimate of drug-likeness (QED) is 0.107. The molecule has 0 spiro atoms. The molecule has 4 atom stereocenters. The van der Waals surface area contributed by atoms with Crippen LogP contribution in [0.1, 0.15) is 17.5 Å².